The van der Waals surface area contributed by atoms with E-state index < -0.39 is 68.0 Å². The molecule has 0 saturated carbocycles. The molecule has 1 aliphatic rings. The van der Waals surface area contributed by atoms with E-state index >= 15 is 0 Å². The number of H-pyrrole nitrogens is 1. The first-order chi connectivity index (χ1) is 15.9. The van der Waals surface area contributed by atoms with Crippen LogP contribution in [-0.2, 0) is 40.5 Å². The number of phosphoric ester groups is 1. The number of nitrogens with one attached hydrogen (secondary N) is 1. The molecule has 3 rings (SSSR count). The number of rotatable bonds is 10. The Kier molecular flexibility index (Phi) is 8.04. The van der Waals surface area contributed by atoms with Crippen LogP contribution in [0.1, 0.15) is 6.23 Å². The van der Waals surface area contributed by atoms with E-state index in [1.54, 1.807) is 0 Å². The number of aromatic amines is 1. The fourth-order valence-electron chi connectivity index (χ4n) is 2.76. The monoisotopic (exact) mass is 588 g/mol. The average Bonchev–Trinajstić information content (AvgIpc) is 3.19. The molecule has 5 unspecified atom stereocenters. The molecule has 8 N–H and O–H groups in total. The Morgan fingerprint density at radius 2 is 1.54 bits per heavy atom. The van der Waals surface area contributed by atoms with Gasteiger partial charge >= 0.3 is 31.3 Å². The van der Waals surface area contributed by atoms with E-state index in [9.17, 15) is 43.1 Å². The van der Waals surface area contributed by atoms with Crippen molar-refractivity contribution in [3.63, 3.8) is 0 Å². The molecule has 35 heavy (non-hydrogen) atoms. The van der Waals surface area contributed by atoms with Crippen molar-refractivity contribution in [3.8, 4) is 0 Å². The highest BCUT2D eigenvalue weighted by molar-refractivity contribution is 7.69. The maximum atomic E-state index is 11.9. The first-order valence-electron chi connectivity index (χ1n) is 8.64. The van der Waals surface area contributed by atoms with Gasteiger partial charge in [-0.1, -0.05) is 0 Å². The first kappa shape index (κ1) is 28.4. The largest absolute Gasteiger partial charge is 0.490 e. The maximum absolute atomic E-state index is 11.9. The molecule has 198 valence electrons. The van der Waals surface area contributed by atoms with Gasteiger partial charge in [-0.3, -0.25) is 13.9 Å². The Morgan fingerprint density at radius 1 is 0.943 bits per heavy atom. The number of aliphatic hydroxyl groups excluding tert-OH is 2. The van der Waals surface area contributed by atoms with Gasteiger partial charge in [0.25, 0.3) is 5.56 Å². The molecule has 2 aromatic rings. The molecule has 0 aliphatic carbocycles. The van der Waals surface area contributed by atoms with Gasteiger partial charge in [-0.2, -0.15) is 12.9 Å². The van der Waals surface area contributed by atoms with Crippen LogP contribution < -0.4 is 5.56 Å². The van der Waals surface area contributed by atoms with Crippen molar-refractivity contribution < 1.29 is 75.1 Å². The van der Waals surface area contributed by atoms with Crippen molar-refractivity contribution in [1.29, 1.82) is 0 Å². The zero-order valence-corrected chi connectivity index (χ0v) is 20.1. The van der Waals surface area contributed by atoms with Crippen LogP contribution in [0.2, 0.25) is 0 Å². The van der Waals surface area contributed by atoms with Crippen LogP contribution in [0.25, 0.3) is 11.2 Å². The lowest BCUT2D eigenvalue weighted by Crippen LogP contribution is -2.33. The molecule has 1 saturated heterocycles. The molecule has 2 aromatic heterocycles. The van der Waals surface area contributed by atoms with E-state index in [-0.39, 0.29) is 11.2 Å². The number of imidazole rings is 1. The van der Waals surface area contributed by atoms with Gasteiger partial charge in [0.1, 0.15) is 18.3 Å². The summed E-state index contributed by atoms with van der Waals surface area (Å²) in [4.78, 5) is 66.5. The Morgan fingerprint density at radius 3 is 2.17 bits per heavy atom. The van der Waals surface area contributed by atoms with E-state index in [0.717, 1.165) is 17.2 Å². The third kappa shape index (κ3) is 7.18. The number of ether oxygens (including phenoxy) is 1. The van der Waals surface area contributed by atoms with Gasteiger partial charge in [0.2, 0.25) is 0 Å². The third-order valence-electron chi connectivity index (χ3n) is 4.00. The number of phosphoric acid groups is 4. The number of nitrogens with zero attached hydrogens (tertiary/aromatic N) is 3. The van der Waals surface area contributed by atoms with Crippen molar-refractivity contribution in [2.45, 2.75) is 24.5 Å². The SMILES string of the molecule is O=c1[nH]cnc2c1ncn2[C@@H]1O[C@H](COP(=O)(O)OP(=O)(O)OP(=O)(O)OP(=O)(O)O)C(O)C1O. The minimum atomic E-state index is -6.02. The highest BCUT2D eigenvalue weighted by Gasteiger charge is 2.48. The van der Waals surface area contributed by atoms with E-state index in [1.807, 2.05) is 0 Å². The van der Waals surface area contributed by atoms with Crippen LogP contribution in [0, 0.1) is 0 Å². The summed E-state index contributed by atoms with van der Waals surface area (Å²) in [6.07, 6.45) is -4.41. The number of aromatic nitrogens is 4. The zero-order valence-electron chi connectivity index (χ0n) is 16.5. The molecule has 21 nitrogen and oxygen atoms in total. The lowest BCUT2D eigenvalue weighted by Gasteiger charge is -2.20. The van der Waals surface area contributed by atoms with Gasteiger partial charge in [0, 0.05) is 0 Å². The van der Waals surface area contributed by atoms with Crippen molar-refractivity contribution in [3.05, 3.63) is 23.0 Å². The Hall–Kier alpha value is -1.21. The Bertz CT molecular complexity index is 1340. The lowest BCUT2D eigenvalue weighted by atomic mass is 10.1. The summed E-state index contributed by atoms with van der Waals surface area (Å²) in [6, 6.07) is 0. The number of hydrogen-bond acceptors (Lipinski definition) is 14. The summed E-state index contributed by atoms with van der Waals surface area (Å²) in [5.41, 5.74) is -0.797. The van der Waals surface area contributed by atoms with E-state index in [4.69, 9.17) is 19.4 Å². The number of fused-ring (bicyclic) bond motifs is 1. The van der Waals surface area contributed by atoms with Gasteiger partial charge in [0.05, 0.1) is 19.3 Å². The standard InChI is InChI=1S/C10H16N4O17P4/c15-6-4(28-10(7(6)16)14-3-13-5-8(14)11-2-12-9(5)17)1-27-33(21,22)30-35(25,26)31-34(23,24)29-32(18,19)20/h2-4,6-7,10,15-16H,1H2,(H,21,22)(H,23,24)(H,25,26)(H,11,12,17)(H2,18,19,20)/t4-,6?,7?,10-/m1/s1. The highest BCUT2D eigenvalue weighted by Crippen LogP contribution is 2.70. The Labute approximate surface area is 191 Å². The zero-order chi connectivity index (χ0) is 26.4. The van der Waals surface area contributed by atoms with Crippen LogP contribution in [0.4, 0.5) is 0 Å². The second kappa shape index (κ2) is 9.92. The summed E-state index contributed by atoms with van der Waals surface area (Å²) < 4.78 is 66.7. The molecular formula is C10H16N4O17P4. The van der Waals surface area contributed by atoms with Crippen LogP contribution in [0.5, 0.6) is 0 Å². The van der Waals surface area contributed by atoms with E-state index in [2.05, 4.69) is 32.4 Å². The van der Waals surface area contributed by atoms with Gasteiger partial charge in [-0.25, -0.2) is 28.2 Å². The Balaban J connectivity index is 1.66. The fraction of sp³-hybridized carbons (Fsp3) is 0.500. The molecule has 25 heteroatoms. The topological polar surface area (TPSA) is 320 Å². The average molecular weight is 588 g/mol. The summed E-state index contributed by atoms with van der Waals surface area (Å²) in [5, 5.41) is 20.4. The van der Waals surface area contributed by atoms with Crippen LogP contribution in [-0.4, -0.2) is 79.1 Å². The fourth-order valence-corrected chi connectivity index (χ4v) is 7.22. The molecular weight excluding hydrogens is 572 g/mol. The van der Waals surface area contributed by atoms with Crippen molar-refractivity contribution in [1.82, 2.24) is 19.5 Å². The minimum absolute atomic E-state index is 0.0490. The molecule has 0 bridgehead atoms. The van der Waals surface area contributed by atoms with E-state index in [0.29, 0.717) is 0 Å². The quantitative estimate of drug-likeness (QED) is 0.142. The van der Waals surface area contributed by atoms with Gasteiger partial charge in [-0.15, -0.1) is 0 Å². The summed E-state index contributed by atoms with van der Waals surface area (Å²) in [5.74, 6) is 0. The molecule has 0 radical (unpaired) electrons. The van der Waals surface area contributed by atoms with Crippen LogP contribution in [0.15, 0.2) is 17.4 Å². The smallest absolute Gasteiger partial charge is 0.387 e. The van der Waals surface area contributed by atoms with Gasteiger partial charge in [0.15, 0.2) is 17.4 Å². The summed E-state index contributed by atoms with van der Waals surface area (Å²) in [6.45, 7) is -1.08. The number of hydrogen-bond donors (Lipinski definition) is 8. The number of aliphatic hydroxyl groups is 2. The first-order valence-corrected chi connectivity index (χ1v) is 14.7. The normalized spacial score (nSPS) is 28.4. The van der Waals surface area contributed by atoms with E-state index in [1.165, 1.54) is 0 Å². The second-order valence-corrected chi connectivity index (χ2v) is 12.5. The van der Waals surface area contributed by atoms with Crippen LogP contribution >= 0.6 is 31.3 Å². The van der Waals surface area contributed by atoms with Gasteiger partial charge < -0.3 is 44.4 Å². The van der Waals surface area contributed by atoms with Crippen molar-refractivity contribution >= 4 is 42.5 Å². The predicted octanol–water partition coefficient (Wildman–Crippen LogP) is -1.80. The minimum Gasteiger partial charge on any atom is -0.387 e. The molecule has 0 amide bonds. The molecule has 3 heterocycles. The molecule has 0 aromatic carbocycles. The van der Waals surface area contributed by atoms with Crippen molar-refractivity contribution in [2.75, 3.05) is 6.61 Å². The maximum Gasteiger partial charge on any atom is 0.490 e. The predicted molar refractivity (Wildman–Crippen MR) is 105 cm³/mol. The summed E-state index contributed by atoms with van der Waals surface area (Å²) in [7, 11) is -23.3. The van der Waals surface area contributed by atoms with Crippen LogP contribution in [0.3, 0.4) is 0 Å². The molecule has 1 fully saturated rings. The molecule has 0 spiro atoms. The lowest BCUT2D eigenvalue weighted by molar-refractivity contribution is -0.0503. The molecule has 7 atom stereocenters. The van der Waals surface area contributed by atoms with Gasteiger partial charge in [-0.05, 0) is 0 Å². The third-order valence-corrected chi connectivity index (χ3v) is 9.45. The second-order valence-electron chi connectivity index (χ2n) is 6.54. The highest BCUT2D eigenvalue weighted by atomic mass is 31.3. The van der Waals surface area contributed by atoms with Crippen molar-refractivity contribution in [2.24, 2.45) is 0 Å². The molecule has 1 aliphatic heterocycles. The summed E-state index contributed by atoms with van der Waals surface area (Å²) >= 11 is 0.